The summed E-state index contributed by atoms with van der Waals surface area (Å²) in [6.07, 6.45) is 1.09. The third kappa shape index (κ3) is 2.57. The van der Waals surface area contributed by atoms with Crippen LogP contribution in [0.5, 0.6) is 0 Å². The first-order valence-corrected chi connectivity index (χ1v) is 6.72. The van der Waals surface area contributed by atoms with Crippen LogP contribution in [0.4, 0.5) is 0 Å². The zero-order chi connectivity index (χ0) is 11.5. The molecular weight excluding hydrogens is 215 g/mol. The molecule has 0 aromatic carbocycles. The minimum absolute atomic E-state index is 0.0993. The number of carbonyl (C=O) groups is 1. The van der Waals surface area contributed by atoms with Crippen molar-refractivity contribution < 1.29 is 18.4 Å². The molecule has 0 radical (unpaired) electrons. The summed E-state index contributed by atoms with van der Waals surface area (Å²) in [5.74, 6) is -0.0993. The average molecular weight is 232 g/mol. The molecule has 0 aliphatic heterocycles. The second kappa shape index (κ2) is 5.06. The molecule has 0 aromatic heterocycles. The summed E-state index contributed by atoms with van der Waals surface area (Å²) < 4.78 is 22.6. The van der Waals surface area contributed by atoms with Gasteiger partial charge in [-0.25, -0.2) is 0 Å². The summed E-state index contributed by atoms with van der Waals surface area (Å²) in [6, 6.07) is 0. The molecule has 0 aromatic rings. The first kappa shape index (κ1) is 12.6. The van der Waals surface area contributed by atoms with Crippen LogP contribution in [-0.2, 0) is 18.4 Å². The van der Waals surface area contributed by atoms with E-state index in [2.05, 4.69) is 0 Å². The molecule has 0 heterocycles. The number of allylic oxidation sites excluding steroid dienone is 2. The predicted octanol–water partition coefficient (Wildman–Crippen LogP) is 2.89. The minimum atomic E-state index is -3.35. The summed E-state index contributed by atoms with van der Waals surface area (Å²) in [7, 11) is -3.35. The van der Waals surface area contributed by atoms with Crippen LogP contribution in [0, 0.1) is 0 Å². The number of rotatable bonds is 5. The maximum Gasteiger partial charge on any atom is 0.364 e. The second-order valence-corrected chi connectivity index (χ2v) is 5.34. The van der Waals surface area contributed by atoms with E-state index in [0.29, 0.717) is 12.8 Å². The fraction of sp³-hybridized carbons (Fsp3) is 0.700. The molecule has 1 rings (SSSR count). The van der Waals surface area contributed by atoms with Gasteiger partial charge in [0.2, 0.25) is 0 Å². The first-order valence-electron chi connectivity index (χ1n) is 5.17. The summed E-state index contributed by atoms with van der Waals surface area (Å²) in [5, 5.41) is 0.284. The molecule has 0 amide bonds. The minimum Gasteiger partial charge on any atom is -0.305 e. The van der Waals surface area contributed by atoms with E-state index in [1.807, 2.05) is 6.92 Å². The van der Waals surface area contributed by atoms with Gasteiger partial charge >= 0.3 is 7.60 Å². The number of ketones is 1. The van der Waals surface area contributed by atoms with E-state index in [4.69, 9.17) is 9.05 Å². The number of hydrogen-bond acceptors (Lipinski definition) is 4. The Morgan fingerprint density at radius 3 is 2.07 bits per heavy atom. The second-order valence-electron chi connectivity index (χ2n) is 3.39. The molecule has 0 saturated carbocycles. The van der Waals surface area contributed by atoms with Crippen molar-refractivity contribution >= 4 is 13.4 Å². The Balaban J connectivity index is 3.04. The zero-order valence-electron chi connectivity index (χ0n) is 9.41. The van der Waals surface area contributed by atoms with Crippen LogP contribution in [-0.4, -0.2) is 19.0 Å². The Hall–Kier alpha value is -0.440. The van der Waals surface area contributed by atoms with Crippen molar-refractivity contribution in [1.82, 2.24) is 0 Å². The van der Waals surface area contributed by atoms with E-state index < -0.39 is 7.60 Å². The Kier molecular flexibility index (Phi) is 4.26. The fourth-order valence-corrected chi connectivity index (χ4v) is 3.68. The lowest BCUT2D eigenvalue weighted by molar-refractivity contribution is -0.114. The lowest BCUT2D eigenvalue weighted by Gasteiger charge is -2.17. The fourth-order valence-electron chi connectivity index (χ4n) is 1.67. The lowest BCUT2D eigenvalue weighted by atomic mass is 10.3. The van der Waals surface area contributed by atoms with Crippen molar-refractivity contribution in [1.29, 1.82) is 0 Å². The molecule has 0 atom stereocenters. The third-order valence-corrected chi connectivity index (χ3v) is 4.64. The van der Waals surface area contributed by atoms with Crippen molar-refractivity contribution in [3.63, 3.8) is 0 Å². The van der Waals surface area contributed by atoms with Gasteiger partial charge in [-0.05, 0) is 27.2 Å². The van der Waals surface area contributed by atoms with Gasteiger partial charge in [-0.15, -0.1) is 0 Å². The van der Waals surface area contributed by atoms with Crippen LogP contribution in [0.15, 0.2) is 10.9 Å². The highest BCUT2D eigenvalue weighted by Crippen LogP contribution is 2.59. The van der Waals surface area contributed by atoms with Crippen molar-refractivity contribution in [2.75, 3.05) is 13.2 Å². The van der Waals surface area contributed by atoms with Crippen LogP contribution in [0.1, 0.15) is 33.6 Å². The first-order chi connectivity index (χ1) is 7.05. The summed E-state index contributed by atoms with van der Waals surface area (Å²) in [4.78, 5) is 11.6. The van der Waals surface area contributed by atoms with Gasteiger partial charge in [-0.3, -0.25) is 9.36 Å². The normalized spacial score (nSPS) is 17.7. The SMILES string of the molecule is CCOP(=O)(OCC)C1=C(C)CCC1=O. The maximum absolute atomic E-state index is 12.3. The predicted molar refractivity (Wildman–Crippen MR) is 57.8 cm³/mol. The highest BCUT2D eigenvalue weighted by molar-refractivity contribution is 7.60. The summed E-state index contributed by atoms with van der Waals surface area (Å²) >= 11 is 0. The molecule has 0 saturated heterocycles. The van der Waals surface area contributed by atoms with Crippen LogP contribution < -0.4 is 0 Å². The van der Waals surface area contributed by atoms with E-state index in [1.54, 1.807) is 13.8 Å². The van der Waals surface area contributed by atoms with Gasteiger partial charge in [-0.2, -0.15) is 0 Å². The highest BCUT2D eigenvalue weighted by Gasteiger charge is 2.38. The van der Waals surface area contributed by atoms with E-state index in [-0.39, 0.29) is 24.3 Å². The van der Waals surface area contributed by atoms with Crippen molar-refractivity contribution in [3.05, 3.63) is 10.9 Å². The van der Waals surface area contributed by atoms with Crippen LogP contribution >= 0.6 is 7.60 Å². The van der Waals surface area contributed by atoms with Crippen molar-refractivity contribution in [3.8, 4) is 0 Å². The smallest absolute Gasteiger partial charge is 0.305 e. The highest BCUT2D eigenvalue weighted by atomic mass is 31.2. The number of carbonyl (C=O) groups excluding carboxylic acids is 1. The summed E-state index contributed by atoms with van der Waals surface area (Å²) in [5.41, 5.74) is 0.838. The van der Waals surface area contributed by atoms with Gasteiger partial charge in [0.15, 0.2) is 5.78 Å². The van der Waals surface area contributed by atoms with Crippen LogP contribution in [0.25, 0.3) is 0 Å². The third-order valence-electron chi connectivity index (χ3n) is 2.27. The summed E-state index contributed by atoms with van der Waals surface area (Å²) in [6.45, 7) is 5.84. The topological polar surface area (TPSA) is 52.6 Å². The van der Waals surface area contributed by atoms with Gasteiger partial charge in [0.05, 0.1) is 13.2 Å². The molecule has 1 aliphatic rings. The van der Waals surface area contributed by atoms with E-state index in [1.165, 1.54) is 0 Å². The lowest BCUT2D eigenvalue weighted by Crippen LogP contribution is -2.04. The molecule has 0 spiro atoms. The molecule has 0 N–H and O–H groups in total. The van der Waals surface area contributed by atoms with E-state index >= 15 is 0 Å². The standard InChI is InChI=1S/C10H17O4P/c1-4-13-15(12,14-5-2)10-8(3)6-7-9(10)11/h4-7H2,1-3H3. The van der Waals surface area contributed by atoms with Crippen molar-refractivity contribution in [2.45, 2.75) is 33.6 Å². The largest absolute Gasteiger partial charge is 0.364 e. The number of Topliss-reactive ketones (excluding diaryl/α,β-unsaturated/α-hetero) is 1. The molecule has 5 heteroatoms. The van der Waals surface area contributed by atoms with Gasteiger partial charge in [0.25, 0.3) is 0 Å². The Labute approximate surface area is 90.2 Å². The molecular formula is C10H17O4P. The van der Waals surface area contributed by atoms with Gasteiger partial charge in [0, 0.05) is 6.42 Å². The molecule has 4 nitrogen and oxygen atoms in total. The van der Waals surface area contributed by atoms with E-state index in [9.17, 15) is 9.36 Å². The van der Waals surface area contributed by atoms with Gasteiger partial charge in [0.1, 0.15) is 5.31 Å². The maximum atomic E-state index is 12.3. The zero-order valence-corrected chi connectivity index (χ0v) is 10.3. The van der Waals surface area contributed by atoms with Crippen LogP contribution in [0.3, 0.4) is 0 Å². The van der Waals surface area contributed by atoms with Gasteiger partial charge in [-0.1, -0.05) is 5.57 Å². The number of hydrogen-bond donors (Lipinski definition) is 0. The molecule has 0 fully saturated rings. The molecule has 1 aliphatic carbocycles. The van der Waals surface area contributed by atoms with Gasteiger partial charge < -0.3 is 9.05 Å². The van der Waals surface area contributed by atoms with Crippen molar-refractivity contribution in [2.24, 2.45) is 0 Å². The molecule has 0 bridgehead atoms. The monoisotopic (exact) mass is 232 g/mol. The van der Waals surface area contributed by atoms with E-state index in [0.717, 1.165) is 5.57 Å². The Morgan fingerprint density at radius 2 is 1.73 bits per heavy atom. The quantitative estimate of drug-likeness (QED) is 0.684. The molecule has 15 heavy (non-hydrogen) atoms. The Bertz CT molecular complexity index is 322. The van der Waals surface area contributed by atoms with Crippen LogP contribution in [0.2, 0.25) is 0 Å². The Morgan fingerprint density at radius 1 is 1.20 bits per heavy atom. The molecule has 86 valence electrons. The molecule has 0 unspecified atom stereocenters. The average Bonchev–Trinajstić information content (AvgIpc) is 2.47.